The molecule has 0 fully saturated rings. The molecule has 0 saturated heterocycles. The molecule has 3 aromatic rings. The normalized spacial score (nSPS) is 13.0. The minimum atomic E-state index is -0.373. The predicted molar refractivity (Wildman–Crippen MR) is 119 cm³/mol. The van der Waals surface area contributed by atoms with Crippen LogP contribution in [0.15, 0.2) is 36.5 Å². The van der Waals surface area contributed by atoms with E-state index in [1.54, 1.807) is 18.3 Å². The minimum absolute atomic E-state index is 0.301. The average molecular weight is 421 g/mol. The average Bonchev–Trinajstić information content (AvgIpc) is 3.14. The summed E-state index contributed by atoms with van der Waals surface area (Å²) in [4.78, 5) is 28.0. The van der Waals surface area contributed by atoms with E-state index < -0.39 is 0 Å². The van der Waals surface area contributed by atoms with Crippen LogP contribution in [0.1, 0.15) is 51.2 Å². The summed E-state index contributed by atoms with van der Waals surface area (Å²) in [7, 11) is 2.78. The van der Waals surface area contributed by atoms with Crippen molar-refractivity contribution in [1.29, 1.82) is 0 Å². The fraction of sp³-hybridized carbons (Fsp3) is 0.375. The largest absolute Gasteiger partial charge is 0.465 e. The summed E-state index contributed by atoms with van der Waals surface area (Å²) in [5, 5.41) is 4.46. The first kappa shape index (κ1) is 20.9. The molecule has 2 heterocycles. The number of nitrogens with one attached hydrogen (secondary N) is 1. The highest BCUT2D eigenvalue weighted by Gasteiger charge is 2.21. The van der Waals surface area contributed by atoms with Crippen LogP contribution in [0, 0.1) is 0 Å². The third-order valence-corrected chi connectivity index (χ3v) is 5.84. The standard InChI is InChI=1S/C24H27N3O4/c1-30-23(28)16-8-9-21-19(14-16)18-6-3-4-7-20(18)27(21)13-5-11-25-22-15-17(10-12-26-22)24(29)31-2/h8-10,12,14-15H,3-7,11,13H2,1-2H3,(H,25,26). The van der Waals surface area contributed by atoms with Crippen molar-refractivity contribution < 1.29 is 19.1 Å². The van der Waals surface area contributed by atoms with Gasteiger partial charge in [-0.3, -0.25) is 0 Å². The molecule has 0 spiro atoms. The van der Waals surface area contributed by atoms with Gasteiger partial charge in [-0.15, -0.1) is 0 Å². The minimum Gasteiger partial charge on any atom is -0.465 e. The molecule has 2 aromatic heterocycles. The van der Waals surface area contributed by atoms with E-state index in [0.29, 0.717) is 16.9 Å². The molecule has 1 N–H and O–H groups in total. The molecule has 0 amide bonds. The lowest BCUT2D eigenvalue weighted by molar-refractivity contribution is 0.0592. The first-order valence-corrected chi connectivity index (χ1v) is 10.6. The first-order chi connectivity index (χ1) is 15.1. The molecule has 0 unspecified atom stereocenters. The van der Waals surface area contributed by atoms with Crippen molar-refractivity contribution in [2.24, 2.45) is 0 Å². The van der Waals surface area contributed by atoms with Crippen LogP contribution >= 0.6 is 0 Å². The number of rotatable bonds is 7. The first-order valence-electron chi connectivity index (χ1n) is 10.6. The number of hydrogen-bond acceptors (Lipinski definition) is 6. The Bertz CT molecular complexity index is 1120. The summed E-state index contributed by atoms with van der Waals surface area (Å²) in [5.74, 6) is -0.0164. The van der Waals surface area contributed by atoms with Crippen LogP contribution < -0.4 is 5.32 Å². The van der Waals surface area contributed by atoms with Crippen LogP contribution in [-0.2, 0) is 28.9 Å². The molecule has 0 atom stereocenters. The van der Waals surface area contributed by atoms with Gasteiger partial charge in [0.25, 0.3) is 0 Å². The highest BCUT2D eigenvalue weighted by Crippen LogP contribution is 2.33. The van der Waals surface area contributed by atoms with Crippen molar-refractivity contribution in [1.82, 2.24) is 9.55 Å². The number of hydrogen-bond donors (Lipinski definition) is 1. The number of aryl methyl sites for hydroxylation is 2. The zero-order valence-corrected chi connectivity index (χ0v) is 17.9. The predicted octanol–water partition coefficient (Wildman–Crippen LogP) is 3.99. The van der Waals surface area contributed by atoms with Gasteiger partial charge < -0.3 is 19.4 Å². The number of ether oxygens (including phenoxy) is 2. The van der Waals surface area contributed by atoms with Crippen molar-refractivity contribution in [2.45, 2.75) is 38.6 Å². The quantitative estimate of drug-likeness (QED) is 0.459. The number of pyridine rings is 1. The second-order valence-electron chi connectivity index (χ2n) is 7.71. The molecule has 1 aliphatic rings. The Kier molecular flexibility index (Phi) is 6.21. The van der Waals surface area contributed by atoms with E-state index in [1.807, 2.05) is 18.2 Å². The maximum absolute atomic E-state index is 12.0. The molecule has 1 aliphatic carbocycles. The Balaban J connectivity index is 1.50. The molecule has 7 nitrogen and oxygen atoms in total. The summed E-state index contributed by atoms with van der Waals surface area (Å²) in [6, 6.07) is 9.19. The van der Waals surface area contributed by atoms with Gasteiger partial charge in [-0.05, 0) is 68.0 Å². The fourth-order valence-electron chi connectivity index (χ4n) is 4.36. The van der Waals surface area contributed by atoms with Gasteiger partial charge in [0.15, 0.2) is 0 Å². The number of nitrogens with zero attached hydrogens (tertiary/aromatic N) is 2. The molecule has 0 aliphatic heterocycles. The highest BCUT2D eigenvalue weighted by atomic mass is 16.5. The third-order valence-electron chi connectivity index (χ3n) is 5.84. The summed E-state index contributed by atoms with van der Waals surface area (Å²) < 4.78 is 12.1. The van der Waals surface area contributed by atoms with Gasteiger partial charge in [0.2, 0.25) is 0 Å². The number of fused-ring (bicyclic) bond motifs is 3. The van der Waals surface area contributed by atoms with Crippen LogP contribution in [0.3, 0.4) is 0 Å². The van der Waals surface area contributed by atoms with Gasteiger partial charge in [0, 0.05) is 35.9 Å². The second kappa shape index (κ2) is 9.20. The number of methoxy groups -OCH3 is 2. The lowest BCUT2D eigenvalue weighted by Crippen LogP contribution is -2.12. The molecule has 7 heteroatoms. The molecule has 0 saturated carbocycles. The van der Waals surface area contributed by atoms with E-state index in [9.17, 15) is 9.59 Å². The third kappa shape index (κ3) is 4.26. The molecular weight excluding hydrogens is 394 g/mol. The van der Waals surface area contributed by atoms with E-state index in [4.69, 9.17) is 9.47 Å². The van der Waals surface area contributed by atoms with Gasteiger partial charge in [-0.2, -0.15) is 0 Å². The van der Waals surface area contributed by atoms with E-state index >= 15 is 0 Å². The van der Waals surface area contributed by atoms with Crippen LogP contribution in [0.4, 0.5) is 5.82 Å². The molecular formula is C24H27N3O4. The molecule has 4 rings (SSSR count). The smallest absolute Gasteiger partial charge is 0.338 e. The lowest BCUT2D eigenvalue weighted by Gasteiger charge is -2.16. The monoisotopic (exact) mass is 421 g/mol. The molecule has 0 bridgehead atoms. The van der Waals surface area contributed by atoms with Gasteiger partial charge >= 0.3 is 11.9 Å². The van der Waals surface area contributed by atoms with Gasteiger partial charge in [-0.25, -0.2) is 14.6 Å². The Morgan fingerprint density at radius 2 is 1.77 bits per heavy atom. The van der Waals surface area contributed by atoms with E-state index in [2.05, 4.69) is 14.9 Å². The SMILES string of the molecule is COC(=O)c1ccnc(NCCCn2c3c(c4cc(C(=O)OC)ccc42)CCCC3)c1. The highest BCUT2D eigenvalue weighted by molar-refractivity contribution is 5.96. The van der Waals surface area contributed by atoms with E-state index in [1.165, 1.54) is 43.8 Å². The maximum Gasteiger partial charge on any atom is 0.338 e. The summed E-state index contributed by atoms with van der Waals surface area (Å²) >= 11 is 0. The Hall–Kier alpha value is -3.35. The Morgan fingerprint density at radius 3 is 2.55 bits per heavy atom. The number of carbonyl (C=O) groups is 2. The summed E-state index contributed by atoms with van der Waals surface area (Å²) in [5.41, 5.74) is 5.00. The molecule has 0 radical (unpaired) electrons. The Labute approximate surface area is 181 Å². The van der Waals surface area contributed by atoms with Crippen LogP contribution in [0.2, 0.25) is 0 Å². The fourth-order valence-corrected chi connectivity index (χ4v) is 4.36. The van der Waals surface area contributed by atoms with Crippen molar-refractivity contribution in [3.8, 4) is 0 Å². The van der Waals surface area contributed by atoms with Gasteiger partial charge in [0.05, 0.1) is 25.3 Å². The topological polar surface area (TPSA) is 82.5 Å². The maximum atomic E-state index is 12.0. The number of esters is 2. The van der Waals surface area contributed by atoms with Crippen LogP contribution in [0.25, 0.3) is 10.9 Å². The van der Waals surface area contributed by atoms with Gasteiger partial charge in [-0.1, -0.05) is 0 Å². The van der Waals surface area contributed by atoms with Crippen molar-refractivity contribution in [2.75, 3.05) is 26.1 Å². The van der Waals surface area contributed by atoms with Gasteiger partial charge in [0.1, 0.15) is 5.82 Å². The lowest BCUT2D eigenvalue weighted by atomic mass is 9.95. The zero-order chi connectivity index (χ0) is 21.8. The van der Waals surface area contributed by atoms with Crippen molar-refractivity contribution in [3.05, 3.63) is 58.9 Å². The number of aromatic nitrogens is 2. The number of carbonyl (C=O) groups excluding carboxylic acids is 2. The number of benzene rings is 1. The molecule has 162 valence electrons. The zero-order valence-electron chi connectivity index (χ0n) is 17.9. The molecule has 1 aromatic carbocycles. The summed E-state index contributed by atoms with van der Waals surface area (Å²) in [6.45, 7) is 1.60. The van der Waals surface area contributed by atoms with E-state index in [0.717, 1.165) is 37.7 Å². The molecule has 31 heavy (non-hydrogen) atoms. The van der Waals surface area contributed by atoms with Crippen molar-refractivity contribution >= 4 is 28.7 Å². The van der Waals surface area contributed by atoms with Crippen molar-refractivity contribution in [3.63, 3.8) is 0 Å². The van der Waals surface area contributed by atoms with Crippen LogP contribution in [-0.4, -0.2) is 42.3 Å². The Morgan fingerprint density at radius 1 is 1.03 bits per heavy atom. The number of anilines is 1. The second-order valence-corrected chi connectivity index (χ2v) is 7.71. The van der Waals surface area contributed by atoms with Crippen LogP contribution in [0.5, 0.6) is 0 Å². The van der Waals surface area contributed by atoms with E-state index in [-0.39, 0.29) is 11.9 Å². The summed E-state index contributed by atoms with van der Waals surface area (Å²) in [6.07, 6.45) is 6.98.